The van der Waals surface area contributed by atoms with Gasteiger partial charge < -0.3 is 25.4 Å². The number of benzene rings is 1. The average Bonchev–Trinajstić information content (AvgIpc) is 2.71. The van der Waals surface area contributed by atoms with E-state index in [2.05, 4.69) is 17.6 Å². The van der Waals surface area contributed by atoms with Crippen molar-refractivity contribution in [1.29, 1.82) is 0 Å². The molecule has 0 bridgehead atoms. The van der Waals surface area contributed by atoms with Crippen LogP contribution in [0.2, 0.25) is 0 Å². The van der Waals surface area contributed by atoms with Crippen LogP contribution in [0.25, 0.3) is 0 Å². The molecule has 2 unspecified atom stereocenters. The third kappa shape index (κ3) is 10.9. The van der Waals surface area contributed by atoms with Gasteiger partial charge in [0.25, 0.3) is 0 Å². The van der Waals surface area contributed by atoms with Crippen molar-refractivity contribution in [3.8, 4) is 5.75 Å². The predicted molar refractivity (Wildman–Crippen MR) is 143 cm³/mol. The first-order valence-electron chi connectivity index (χ1n) is 13.0. The van der Waals surface area contributed by atoms with Gasteiger partial charge in [-0.25, -0.2) is 4.79 Å². The fraction of sp³-hybridized carbons (Fsp3) is 0.679. The van der Waals surface area contributed by atoms with Crippen LogP contribution in [-0.2, 0) is 14.3 Å². The molecule has 0 aliphatic rings. The lowest BCUT2D eigenvalue weighted by Gasteiger charge is -2.35. The molecule has 2 atom stereocenters. The summed E-state index contributed by atoms with van der Waals surface area (Å²) in [6.45, 7) is 16.7. The number of rotatable bonds is 11. The molecule has 0 spiro atoms. The zero-order chi connectivity index (χ0) is 27.7. The molecule has 0 aromatic heterocycles. The Bertz CT molecular complexity index is 886. The molecule has 1 aromatic rings. The van der Waals surface area contributed by atoms with Crippen LogP contribution in [0.15, 0.2) is 18.2 Å². The number of nitrogens with one attached hydrogen (secondary N) is 2. The first kappa shape index (κ1) is 31.3. The number of unbranched alkanes of at least 4 members (excludes halogenated alkanes) is 4. The maximum atomic E-state index is 13.7. The second-order valence-corrected chi connectivity index (χ2v) is 11.5. The van der Waals surface area contributed by atoms with Gasteiger partial charge in [-0.15, -0.1) is 0 Å². The van der Waals surface area contributed by atoms with E-state index in [1.807, 2.05) is 20.8 Å². The van der Waals surface area contributed by atoms with Gasteiger partial charge in [0.2, 0.25) is 11.8 Å². The van der Waals surface area contributed by atoms with Gasteiger partial charge in [-0.2, -0.15) is 0 Å². The topological polar surface area (TPSA) is 108 Å². The van der Waals surface area contributed by atoms with Crippen molar-refractivity contribution in [2.75, 3.05) is 6.54 Å². The zero-order valence-corrected chi connectivity index (χ0v) is 23.7. The SMILES string of the molecule is CCCCCCCN(C(=O)C(C)NC(=O)OC(C)(C)C)C(C(=O)NC(C)(C)C)c1ccc(O)c(C)c1. The van der Waals surface area contributed by atoms with Crippen LogP contribution in [0.3, 0.4) is 0 Å². The summed E-state index contributed by atoms with van der Waals surface area (Å²) in [6, 6.07) is 3.10. The number of aromatic hydroxyl groups is 1. The lowest BCUT2D eigenvalue weighted by atomic mass is 9.98. The summed E-state index contributed by atoms with van der Waals surface area (Å²) in [5.74, 6) is -0.582. The summed E-state index contributed by atoms with van der Waals surface area (Å²) < 4.78 is 5.32. The maximum Gasteiger partial charge on any atom is 0.408 e. The number of nitrogens with zero attached hydrogens (tertiary/aromatic N) is 1. The lowest BCUT2D eigenvalue weighted by Crippen LogP contribution is -2.54. The van der Waals surface area contributed by atoms with Gasteiger partial charge in [0, 0.05) is 12.1 Å². The largest absolute Gasteiger partial charge is 0.508 e. The molecule has 8 heteroatoms. The highest BCUT2D eigenvalue weighted by Crippen LogP contribution is 2.28. The molecule has 1 rings (SSSR count). The van der Waals surface area contributed by atoms with Crippen molar-refractivity contribution in [2.45, 2.75) is 118 Å². The van der Waals surface area contributed by atoms with Gasteiger partial charge in [0.1, 0.15) is 23.4 Å². The summed E-state index contributed by atoms with van der Waals surface area (Å²) >= 11 is 0. The molecule has 0 aliphatic heterocycles. The minimum atomic E-state index is -0.926. The van der Waals surface area contributed by atoms with Crippen molar-refractivity contribution in [3.05, 3.63) is 29.3 Å². The number of carbonyl (C=O) groups excluding carboxylic acids is 3. The fourth-order valence-electron chi connectivity index (χ4n) is 3.81. The fourth-order valence-corrected chi connectivity index (χ4v) is 3.81. The van der Waals surface area contributed by atoms with Crippen molar-refractivity contribution in [3.63, 3.8) is 0 Å². The number of alkyl carbamates (subject to hydrolysis) is 1. The number of carbonyl (C=O) groups is 3. The number of hydrogen-bond donors (Lipinski definition) is 3. The third-order valence-corrected chi connectivity index (χ3v) is 5.48. The molecule has 0 saturated carbocycles. The van der Waals surface area contributed by atoms with Crippen LogP contribution in [0.5, 0.6) is 5.75 Å². The van der Waals surface area contributed by atoms with E-state index in [0.29, 0.717) is 17.7 Å². The van der Waals surface area contributed by atoms with Crippen LogP contribution in [0.1, 0.15) is 105 Å². The van der Waals surface area contributed by atoms with Crippen LogP contribution >= 0.6 is 0 Å². The van der Waals surface area contributed by atoms with E-state index in [9.17, 15) is 19.5 Å². The molecular weight excluding hydrogens is 458 g/mol. The maximum absolute atomic E-state index is 13.7. The molecule has 36 heavy (non-hydrogen) atoms. The standard InChI is InChI=1S/C28H47N3O5/c1-10-11-12-13-14-17-31(25(34)20(3)29-26(35)36-28(7,8)9)23(24(33)30-27(4,5)6)21-15-16-22(32)19(2)18-21/h15-16,18,20,23,32H,10-14,17H2,1-9H3,(H,29,35)(H,30,33). The first-order chi connectivity index (χ1) is 16.6. The monoisotopic (exact) mass is 505 g/mol. The Balaban J connectivity index is 3.37. The van der Waals surface area contributed by atoms with E-state index in [4.69, 9.17) is 4.74 Å². The van der Waals surface area contributed by atoms with Gasteiger partial charge in [0.15, 0.2) is 0 Å². The molecule has 0 radical (unpaired) electrons. The summed E-state index contributed by atoms with van der Waals surface area (Å²) in [5, 5.41) is 15.7. The molecule has 8 nitrogen and oxygen atoms in total. The molecule has 204 valence electrons. The molecule has 0 fully saturated rings. The molecule has 0 saturated heterocycles. The van der Waals surface area contributed by atoms with Crippen molar-refractivity contribution in [2.24, 2.45) is 0 Å². The second-order valence-electron chi connectivity index (χ2n) is 11.5. The number of ether oxygens (including phenoxy) is 1. The average molecular weight is 506 g/mol. The molecule has 0 heterocycles. The number of phenolic OH excluding ortho intramolecular Hbond substituents is 1. The highest BCUT2D eigenvalue weighted by atomic mass is 16.6. The third-order valence-electron chi connectivity index (χ3n) is 5.48. The van der Waals surface area contributed by atoms with Crippen LogP contribution < -0.4 is 10.6 Å². The normalized spacial score (nSPS) is 13.5. The summed E-state index contributed by atoms with van der Waals surface area (Å²) in [5.41, 5.74) is -0.0167. The van der Waals surface area contributed by atoms with E-state index in [1.54, 1.807) is 51.7 Å². The molecule has 0 aliphatic carbocycles. The van der Waals surface area contributed by atoms with Crippen molar-refractivity contribution < 1.29 is 24.2 Å². The Labute approximate surface area is 217 Å². The Hall–Kier alpha value is -2.77. The summed E-state index contributed by atoms with van der Waals surface area (Å²) in [7, 11) is 0. The Morgan fingerprint density at radius 2 is 1.64 bits per heavy atom. The van der Waals surface area contributed by atoms with Gasteiger partial charge in [-0.3, -0.25) is 9.59 Å². The lowest BCUT2D eigenvalue weighted by molar-refractivity contribution is -0.142. The number of amides is 3. The smallest absolute Gasteiger partial charge is 0.408 e. The Morgan fingerprint density at radius 3 is 2.17 bits per heavy atom. The minimum absolute atomic E-state index is 0.117. The van der Waals surface area contributed by atoms with Crippen LogP contribution in [-0.4, -0.2) is 51.6 Å². The predicted octanol–water partition coefficient (Wildman–Crippen LogP) is 5.37. The van der Waals surface area contributed by atoms with Crippen LogP contribution in [0, 0.1) is 6.92 Å². The van der Waals surface area contributed by atoms with E-state index in [-0.39, 0.29) is 17.6 Å². The van der Waals surface area contributed by atoms with E-state index in [1.165, 1.54) is 6.07 Å². The van der Waals surface area contributed by atoms with Gasteiger partial charge in [0.05, 0.1) is 0 Å². The second kappa shape index (κ2) is 13.5. The van der Waals surface area contributed by atoms with Gasteiger partial charge in [-0.05, 0) is 85.1 Å². The first-order valence-corrected chi connectivity index (χ1v) is 13.0. The molecule has 1 aromatic carbocycles. The van der Waals surface area contributed by atoms with E-state index >= 15 is 0 Å². The molecule has 3 N–H and O–H groups in total. The highest BCUT2D eigenvalue weighted by molar-refractivity contribution is 5.92. The van der Waals surface area contributed by atoms with Crippen molar-refractivity contribution in [1.82, 2.24) is 15.5 Å². The van der Waals surface area contributed by atoms with Gasteiger partial charge >= 0.3 is 6.09 Å². The quantitative estimate of drug-likeness (QED) is 0.351. The number of phenols is 1. The number of hydrogen-bond acceptors (Lipinski definition) is 5. The van der Waals surface area contributed by atoms with E-state index in [0.717, 1.165) is 32.1 Å². The van der Waals surface area contributed by atoms with E-state index < -0.39 is 29.3 Å². The van der Waals surface area contributed by atoms with Crippen molar-refractivity contribution >= 4 is 17.9 Å². The number of aryl methyl sites for hydroxylation is 1. The zero-order valence-electron chi connectivity index (χ0n) is 23.7. The van der Waals surface area contributed by atoms with Gasteiger partial charge in [-0.1, -0.05) is 38.7 Å². The summed E-state index contributed by atoms with van der Waals surface area (Å²) in [4.78, 5) is 41.2. The molecule has 3 amide bonds. The summed E-state index contributed by atoms with van der Waals surface area (Å²) in [6.07, 6.45) is 4.21. The minimum Gasteiger partial charge on any atom is -0.508 e. The van der Waals surface area contributed by atoms with Crippen LogP contribution in [0.4, 0.5) is 4.79 Å². The highest BCUT2D eigenvalue weighted by Gasteiger charge is 2.35. The Morgan fingerprint density at radius 1 is 1.03 bits per heavy atom. The Kier molecular flexibility index (Phi) is 11.7. The molecular formula is C28H47N3O5.